The van der Waals surface area contributed by atoms with Gasteiger partial charge in [0.15, 0.2) is 0 Å². The van der Waals surface area contributed by atoms with E-state index in [-0.39, 0.29) is 16.8 Å². The molecule has 0 aliphatic carbocycles. The summed E-state index contributed by atoms with van der Waals surface area (Å²) in [5, 5.41) is 6.95. The second kappa shape index (κ2) is 3.38. The molecule has 2 aromatic rings. The van der Waals surface area contributed by atoms with Gasteiger partial charge in [0.1, 0.15) is 5.82 Å². The van der Waals surface area contributed by atoms with Gasteiger partial charge in [0.25, 0.3) is 5.89 Å². The minimum absolute atomic E-state index is 0.0937. The van der Waals surface area contributed by atoms with E-state index in [4.69, 9.17) is 16.0 Å². The van der Waals surface area contributed by atoms with Gasteiger partial charge in [0.2, 0.25) is 0 Å². The molecule has 0 spiro atoms. The summed E-state index contributed by atoms with van der Waals surface area (Å²) in [6, 6.07) is 4.64. The quantitative estimate of drug-likeness (QED) is 0.730. The smallest absolute Gasteiger partial charge is 0.313 e. The molecule has 0 atom stereocenters. The average molecular weight is 213 g/mol. The van der Waals surface area contributed by atoms with Crippen LogP contribution in [0.2, 0.25) is 5.35 Å². The van der Waals surface area contributed by atoms with Crippen molar-refractivity contribution in [3.05, 3.63) is 34.9 Å². The molecule has 0 radical (unpaired) electrons. The number of rotatable bonds is 1. The van der Waals surface area contributed by atoms with Gasteiger partial charge in [-0.05, 0) is 30.7 Å². The fourth-order valence-electron chi connectivity index (χ4n) is 1.12. The fraction of sp³-hybridized carbons (Fsp3) is 0.111. The third kappa shape index (κ3) is 1.61. The summed E-state index contributed by atoms with van der Waals surface area (Å²) in [5.74, 6) is -0.313. The third-order valence-corrected chi connectivity index (χ3v) is 1.91. The number of benzene rings is 1. The van der Waals surface area contributed by atoms with E-state index in [1.54, 1.807) is 12.1 Å². The first-order valence-corrected chi connectivity index (χ1v) is 4.30. The topological polar surface area (TPSA) is 38.9 Å². The Kier molecular flexibility index (Phi) is 2.21. The molecule has 1 aromatic heterocycles. The van der Waals surface area contributed by atoms with Crippen molar-refractivity contribution < 1.29 is 8.81 Å². The molecule has 1 aromatic carbocycles. The molecule has 0 fully saturated rings. The number of nitrogens with zero attached hydrogens (tertiary/aromatic N) is 2. The van der Waals surface area contributed by atoms with Crippen LogP contribution in [0.5, 0.6) is 0 Å². The van der Waals surface area contributed by atoms with Crippen LogP contribution < -0.4 is 0 Å². The van der Waals surface area contributed by atoms with Gasteiger partial charge in [0.05, 0.1) is 5.56 Å². The normalized spacial score (nSPS) is 10.5. The lowest BCUT2D eigenvalue weighted by molar-refractivity contribution is 0.559. The Morgan fingerprint density at radius 1 is 1.36 bits per heavy atom. The second-order valence-corrected chi connectivity index (χ2v) is 3.17. The molecule has 0 saturated carbocycles. The highest BCUT2D eigenvalue weighted by Gasteiger charge is 2.11. The van der Waals surface area contributed by atoms with Gasteiger partial charge in [-0.1, -0.05) is 16.7 Å². The van der Waals surface area contributed by atoms with Gasteiger partial charge in [-0.2, -0.15) is 0 Å². The monoisotopic (exact) mass is 212 g/mol. The van der Waals surface area contributed by atoms with E-state index >= 15 is 0 Å². The molecule has 5 heteroatoms. The van der Waals surface area contributed by atoms with Crippen molar-refractivity contribution in [2.45, 2.75) is 6.92 Å². The van der Waals surface area contributed by atoms with Gasteiger partial charge < -0.3 is 4.42 Å². The standard InChI is InChI=1S/C9H6ClFN2O/c1-5-2-3-7(11)6(4-5)8-12-13-9(10)14-8/h2-4H,1H3. The maximum Gasteiger partial charge on any atom is 0.313 e. The Balaban J connectivity index is 2.55. The van der Waals surface area contributed by atoms with Crippen molar-refractivity contribution in [3.63, 3.8) is 0 Å². The zero-order valence-electron chi connectivity index (χ0n) is 7.29. The Labute approximate surface area is 84.5 Å². The zero-order chi connectivity index (χ0) is 10.1. The first-order valence-electron chi connectivity index (χ1n) is 3.92. The Hall–Kier alpha value is -1.42. The molecule has 0 aliphatic rings. The van der Waals surface area contributed by atoms with Crippen LogP contribution in [0.15, 0.2) is 22.6 Å². The van der Waals surface area contributed by atoms with Crippen LogP contribution in [0, 0.1) is 12.7 Å². The predicted molar refractivity (Wildman–Crippen MR) is 49.4 cm³/mol. The highest BCUT2D eigenvalue weighted by atomic mass is 35.5. The third-order valence-electron chi connectivity index (χ3n) is 1.75. The number of aromatic nitrogens is 2. The summed E-state index contributed by atoms with van der Waals surface area (Å²) in [5.41, 5.74) is 1.18. The van der Waals surface area contributed by atoms with Crippen LogP contribution in [0.3, 0.4) is 0 Å². The molecule has 0 amide bonds. The molecule has 0 unspecified atom stereocenters. The maximum absolute atomic E-state index is 13.3. The lowest BCUT2D eigenvalue weighted by atomic mass is 10.1. The Bertz CT molecular complexity index is 470. The highest BCUT2D eigenvalue weighted by Crippen LogP contribution is 2.23. The summed E-state index contributed by atoms with van der Waals surface area (Å²) >= 11 is 5.44. The number of aryl methyl sites for hydroxylation is 1. The van der Waals surface area contributed by atoms with Crippen LogP contribution in [-0.2, 0) is 0 Å². The van der Waals surface area contributed by atoms with Gasteiger partial charge in [-0.15, -0.1) is 5.10 Å². The minimum Gasteiger partial charge on any atom is -0.407 e. The first kappa shape index (κ1) is 9.15. The SMILES string of the molecule is Cc1ccc(F)c(-c2nnc(Cl)o2)c1. The van der Waals surface area contributed by atoms with E-state index in [0.29, 0.717) is 0 Å². The predicted octanol–water partition coefficient (Wildman–Crippen LogP) is 2.84. The van der Waals surface area contributed by atoms with Crippen LogP contribution in [0.25, 0.3) is 11.5 Å². The molecule has 1 heterocycles. The van der Waals surface area contributed by atoms with E-state index in [0.717, 1.165) is 5.56 Å². The van der Waals surface area contributed by atoms with Gasteiger partial charge >= 0.3 is 5.35 Å². The van der Waals surface area contributed by atoms with Crippen LogP contribution in [0.1, 0.15) is 5.56 Å². The highest BCUT2D eigenvalue weighted by molar-refractivity contribution is 6.27. The molecule has 3 nitrogen and oxygen atoms in total. The molecule has 0 bridgehead atoms. The van der Waals surface area contributed by atoms with Crippen molar-refractivity contribution in [1.29, 1.82) is 0 Å². The van der Waals surface area contributed by atoms with Crippen molar-refractivity contribution in [3.8, 4) is 11.5 Å². The molecule has 72 valence electrons. The number of hydrogen-bond acceptors (Lipinski definition) is 3. The van der Waals surface area contributed by atoms with Crippen LogP contribution in [-0.4, -0.2) is 10.2 Å². The Morgan fingerprint density at radius 2 is 2.14 bits per heavy atom. The lowest BCUT2D eigenvalue weighted by Crippen LogP contribution is -1.85. The van der Waals surface area contributed by atoms with Crippen molar-refractivity contribution in [2.75, 3.05) is 0 Å². The zero-order valence-corrected chi connectivity index (χ0v) is 8.05. The number of hydrogen-bond donors (Lipinski definition) is 0. The summed E-state index contributed by atoms with van der Waals surface area (Å²) in [6.45, 7) is 1.85. The maximum atomic E-state index is 13.3. The average Bonchev–Trinajstić information content (AvgIpc) is 2.56. The first-order chi connectivity index (χ1) is 6.66. The molecule has 14 heavy (non-hydrogen) atoms. The van der Waals surface area contributed by atoms with E-state index in [9.17, 15) is 4.39 Å². The van der Waals surface area contributed by atoms with Crippen molar-refractivity contribution in [2.24, 2.45) is 0 Å². The fourth-order valence-corrected chi connectivity index (χ4v) is 1.23. The Morgan fingerprint density at radius 3 is 2.79 bits per heavy atom. The van der Waals surface area contributed by atoms with Crippen molar-refractivity contribution in [1.82, 2.24) is 10.2 Å². The molecule has 0 N–H and O–H groups in total. The summed E-state index contributed by atoms with van der Waals surface area (Å²) < 4.78 is 18.2. The van der Waals surface area contributed by atoms with E-state index in [1.807, 2.05) is 6.92 Å². The van der Waals surface area contributed by atoms with Crippen LogP contribution in [0.4, 0.5) is 4.39 Å². The van der Waals surface area contributed by atoms with Crippen molar-refractivity contribution >= 4 is 11.6 Å². The van der Waals surface area contributed by atoms with E-state index in [2.05, 4.69) is 10.2 Å². The van der Waals surface area contributed by atoms with Gasteiger partial charge in [-0.3, -0.25) is 0 Å². The largest absolute Gasteiger partial charge is 0.407 e. The summed E-state index contributed by atoms with van der Waals surface area (Å²) in [7, 11) is 0. The molecule has 2 rings (SSSR count). The molecular formula is C9H6ClFN2O. The summed E-state index contributed by atoms with van der Waals surface area (Å²) in [6.07, 6.45) is 0. The van der Waals surface area contributed by atoms with Crippen LogP contribution >= 0.6 is 11.6 Å². The van der Waals surface area contributed by atoms with Gasteiger partial charge in [-0.25, -0.2) is 4.39 Å². The molecule has 0 aliphatic heterocycles. The van der Waals surface area contributed by atoms with Gasteiger partial charge in [0, 0.05) is 0 Å². The molecule has 0 saturated heterocycles. The van der Waals surface area contributed by atoms with E-state index in [1.165, 1.54) is 6.07 Å². The number of halogens is 2. The minimum atomic E-state index is -0.407. The van der Waals surface area contributed by atoms with E-state index < -0.39 is 5.82 Å². The second-order valence-electron chi connectivity index (χ2n) is 2.84. The summed E-state index contributed by atoms with van der Waals surface area (Å²) in [4.78, 5) is 0. The lowest BCUT2D eigenvalue weighted by Gasteiger charge is -1.98. The molecular weight excluding hydrogens is 207 g/mol.